The second kappa shape index (κ2) is 13.4. The minimum absolute atomic E-state index is 0.307. The van der Waals surface area contributed by atoms with E-state index >= 15 is 0 Å². The van der Waals surface area contributed by atoms with Crippen molar-refractivity contribution >= 4 is 28.2 Å². The molecule has 0 aliphatic heterocycles. The number of likely N-dealkylation sites (N-methyl/N-ethyl adjacent to an activating group) is 1. The molecule has 0 amide bonds. The van der Waals surface area contributed by atoms with Crippen molar-refractivity contribution in [1.29, 1.82) is 0 Å². The fourth-order valence-electron chi connectivity index (χ4n) is 4.82. The monoisotopic (exact) mass is 544 g/mol. The van der Waals surface area contributed by atoms with Gasteiger partial charge >= 0.3 is 0 Å². The zero-order valence-corrected chi connectivity index (χ0v) is 25.8. The molecule has 41 heavy (non-hydrogen) atoms. The van der Waals surface area contributed by atoms with Crippen molar-refractivity contribution in [3.63, 3.8) is 0 Å². The Labute approximate surface area is 247 Å². The summed E-state index contributed by atoms with van der Waals surface area (Å²) in [6.07, 6.45) is 15.7. The van der Waals surface area contributed by atoms with E-state index in [1.165, 1.54) is 50.5 Å². The Morgan fingerprint density at radius 3 is 1.29 bits per heavy atom. The number of nitrogens with zero attached hydrogens (tertiary/aromatic N) is 4. The van der Waals surface area contributed by atoms with E-state index in [1.807, 2.05) is 0 Å². The van der Waals surface area contributed by atoms with E-state index in [9.17, 15) is 0 Å². The van der Waals surface area contributed by atoms with Crippen LogP contribution in [0.4, 0.5) is 17.1 Å². The molecule has 1 aliphatic carbocycles. The highest BCUT2D eigenvalue weighted by Gasteiger charge is 2.11. The third kappa shape index (κ3) is 7.47. The summed E-state index contributed by atoms with van der Waals surface area (Å²) >= 11 is 0. The average molecular weight is 545 g/mol. The van der Waals surface area contributed by atoms with Gasteiger partial charge in [-0.3, -0.25) is 4.90 Å². The molecular formula is C37H44N4. The van der Waals surface area contributed by atoms with Crippen LogP contribution >= 0.6 is 0 Å². The molecule has 4 rings (SSSR count). The molecule has 0 fully saturated rings. The van der Waals surface area contributed by atoms with E-state index in [0.29, 0.717) is 6.04 Å². The third-order valence-electron chi connectivity index (χ3n) is 7.46. The topological polar surface area (TPSA) is 13.0 Å². The fourth-order valence-corrected chi connectivity index (χ4v) is 4.82. The first-order valence-electron chi connectivity index (χ1n) is 14.1. The van der Waals surface area contributed by atoms with Crippen molar-refractivity contribution in [3.8, 4) is 0 Å². The van der Waals surface area contributed by atoms with Crippen LogP contribution in [0.5, 0.6) is 0 Å². The van der Waals surface area contributed by atoms with Crippen LogP contribution in [-0.4, -0.2) is 67.3 Å². The molecule has 4 heteroatoms. The number of allylic oxidation sites excluding steroid dienone is 7. The SMILES string of the molecule is CN(C)c1ccc(C(=CC=CC(=C2C=CC(N(C)C)C=C2)c2ccc(N(C)C)cc2)c2ccc(N(C)C)cc2)cc1. The van der Waals surface area contributed by atoms with Gasteiger partial charge in [0.2, 0.25) is 0 Å². The molecule has 212 valence electrons. The second-order valence-corrected chi connectivity index (χ2v) is 11.3. The van der Waals surface area contributed by atoms with Gasteiger partial charge in [0.05, 0.1) is 0 Å². The Kier molecular flexibility index (Phi) is 9.69. The number of anilines is 3. The second-order valence-electron chi connectivity index (χ2n) is 11.3. The van der Waals surface area contributed by atoms with Crippen LogP contribution in [0.3, 0.4) is 0 Å². The van der Waals surface area contributed by atoms with Gasteiger partial charge in [0, 0.05) is 65.4 Å². The lowest BCUT2D eigenvalue weighted by atomic mass is 9.93. The van der Waals surface area contributed by atoms with Crippen molar-refractivity contribution in [2.75, 3.05) is 71.1 Å². The van der Waals surface area contributed by atoms with Gasteiger partial charge in [0.15, 0.2) is 0 Å². The molecule has 3 aromatic rings. The highest BCUT2D eigenvalue weighted by molar-refractivity contribution is 5.85. The zero-order chi connectivity index (χ0) is 29.5. The molecule has 0 radical (unpaired) electrons. The molecule has 3 aromatic carbocycles. The zero-order valence-electron chi connectivity index (χ0n) is 25.8. The molecule has 0 aromatic heterocycles. The summed E-state index contributed by atoms with van der Waals surface area (Å²) in [7, 11) is 16.7. The molecule has 0 bridgehead atoms. The molecule has 0 saturated carbocycles. The summed E-state index contributed by atoms with van der Waals surface area (Å²) in [6.45, 7) is 0. The van der Waals surface area contributed by atoms with E-state index in [2.05, 4.69) is 191 Å². The summed E-state index contributed by atoms with van der Waals surface area (Å²) in [4.78, 5) is 8.60. The van der Waals surface area contributed by atoms with Crippen LogP contribution in [0.2, 0.25) is 0 Å². The molecule has 0 saturated heterocycles. The van der Waals surface area contributed by atoms with Crippen LogP contribution in [0.25, 0.3) is 11.1 Å². The van der Waals surface area contributed by atoms with Gasteiger partial charge < -0.3 is 14.7 Å². The quantitative estimate of drug-likeness (QED) is 0.261. The average Bonchev–Trinajstić information content (AvgIpc) is 2.97. The maximum Gasteiger partial charge on any atom is 0.0462 e. The van der Waals surface area contributed by atoms with Gasteiger partial charge in [-0.25, -0.2) is 0 Å². The van der Waals surface area contributed by atoms with Crippen molar-refractivity contribution in [2.24, 2.45) is 0 Å². The lowest BCUT2D eigenvalue weighted by Crippen LogP contribution is -2.24. The van der Waals surface area contributed by atoms with E-state index < -0.39 is 0 Å². The van der Waals surface area contributed by atoms with E-state index in [1.54, 1.807) is 0 Å². The summed E-state index contributed by atoms with van der Waals surface area (Å²) < 4.78 is 0. The Balaban J connectivity index is 1.78. The van der Waals surface area contributed by atoms with Crippen LogP contribution in [0, 0.1) is 0 Å². The minimum Gasteiger partial charge on any atom is -0.378 e. The van der Waals surface area contributed by atoms with Gasteiger partial charge in [-0.15, -0.1) is 0 Å². The normalized spacial score (nSPS) is 14.5. The molecule has 0 spiro atoms. The maximum atomic E-state index is 2.26. The van der Waals surface area contributed by atoms with E-state index in [-0.39, 0.29) is 0 Å². The molecule has 4 nitrogen and oxygen atoms in total. The first-order valence-corrected chi connectivity index (χ1v) is 14.1. The standard InChI is InChI=1S/C37H44N4/c1-38(2)32-20-12-28(13-21-32)36(29-14-22-33(23-15-29)39(3)4)10-9-11-37(30-16-24-34(25-17-30)40(5)6)31-18-26-35(27-19-31)41(7)8/h9-27,32H,1-8H3. The molecule has 0 unspecified atom stereocenters. The molecule has 0 N–H and O–H groups in total. The Morgan fingerprint density at radius 1 is 0.537 bits per heavy atom. The molecule has 1 aliphatic rings. The van der Waals surface area contributed by atoms with Crippen molar-refractivity contribution in [1.82, 2.24) is 4.90 Å². The Morgan fingerprint density at radius 2 is 0.927 bits per heavy atom. The first-order chi connectivity index (χ1) is 19.6. The van der Waals surface area contributed by atoms with Crippen LogP contribution in [0.1, 0.15) is 16.7 Å². The highest BCUT2D eigenvalue weighted by atomic mass is 15.1. The van der Waals surface area contributed by atoms with Crippen molar-refractivity contribution < 1.29 is 0 Å². The number of benzene rings is 3. The van der Waals surface area contributed by atoms with Gasteiger partial charge in [-0.2, -0.15) is 0 Å². The van der Waals surface area contributed by atoms with Gasteiger partial charge in [0.1, 0.15) is 0 Å². The number of rotatable bonds is 9. The Hall–Kier alpha value is -4.28. The van der Waals surface area contributed by atoms with Crippen LogP contribution < -0.4 is 14.7 Å². The molecular weight excluding hydrogens is 500 g/mol. The van der Waals surface area contributed by atoms with Gasteiger partial charge in [-0.05, 0) is 83.9 Å². The first kappa shape index (κ1) is 29.7. The summed E-state index contributed by atoms with van der Waals surface area (Å²) in [5.41, 5.74) is 10.7. The number of hydrogen-bond donors (Lipinski definition) is 0. The lowest BCUT2D eigenvalue weighted by molar-refractivity contribution is 0.390. The Bertz CT molecular complexity index is 1380. The fraction of sp³-hybridized carbons (Fsp3) is 0.243. The molecule has 0 heterocycles. The summed E-state index contributed by atoms with van der Waals surface area (Å²) in [5.74, 6) is 0. The maximum absolute atomic E-state index is 2.26. The number of hydrogen-bond acceptors (Lipinski definition) is 4. The lowest BCUT2D eigenvalue weighted by Gasteiger charge is -2.21. The van der Waals surface area contributed by atoms with E-state index in [0.717, 1.165) is 0 Å². The van der Waals surface area contributed by atoms with Crippen LogP contribution in [0.15, 0.2) is 121 Å². The highest BCUT2D eigenvalue weighted by Crippen LogP contribution is 2.30. The van der Waals surface area contributed by atoms with Crippen molar-refractivity contribution in [3.05, 3.63) is 138 Å². The third-order valence-corrected chi connectivity index (χ3v) is 7.46. The van der Waals surface area contributed by atoms with Gasteiger partial charge in [0.25, 0.3) is 0 Å². The van der Waals surface area contributed by atoms with Crippen molar-refractivity contribution in [2.45, 2.75) is 6.04 Å². The summed E-state index contributed by atoms with van der Waals surface area (Å²) in [6, 6.07) is 26.7. The molecule has 0 atom stereocenters. The van der Waals surface area contributed by atoms with Gasteiger partial charge in [-0.1, -0.05) is 78.9 Å². The predicted octanol–water partition coefficient (Wildman–Crippen LogP) is 7.38. The minimum atomic E-state index is 0.307. The summed E-state index contributed by atoms with van der Waals surface area (Å²) in [5, 5.41) is 0. The van der Waals surface area contributed by atoms with E-state index in [4.69, 9.17) is 0 Å². The smallest absolute Gasteiger partial charge is 0.0462 e. The predicted molar refractivity (Wildman–Crippen MR) is 181 cm³/mol. The largest absolute Gasteiger partial charge is 0.378 e. The van der Waals surface area contributed by atoms with Crippen LogP contribution in [-0.2, 0) is 0 Å².